The molecule has 1 aromatic rings. The first-order chi connectivity index (χ1) is 8.15. The van der Waals surface area contributed by atoms with Gasteiger partial charge in [0.2, 0.25) is 0 Å². The number of hydrogen-bond donors (Lipinski definition) is 2. The summed E-state index contributed by atoms with van der Waals surface area (Å²) in [5, 5.41) is 3.71. The van der Waals surface area contributed by atoms with E-state index in [9.17, 15) is 0 Å². The van der Waals surface area contributed by atoms with E-state index in [1.807, 2.05) is 0 Å². The zero-order valence-electron chi connectivity index (χ0n) is 10.9. The molecule has 2 rings (SSSR count). The van der Waals surface area contributed by atoms with Crippen molar-refractivity contribution in [3.05, 3.63) is 35.4 Å². The van der Waals surface area contributed by atoms with Crippen LogP contribution >= 0.6 is 0 Å². The third kappa shape index (κ3) is 3.55. The Morgan fingerprint density at radius 3 is 2.88 bits per heavy atom. The van der Waals surface area contributed by atoms with Crippen LogP contribution in [0.5, 0.6) is 0 Å². The molecule has 1 aliphatic carbocycles. The summed E-state index contributed by atoms with van der Waals surface area (Å²) in [6.45, 7) is 4.39. The third-order valence-electron chi connectivity index (χ3n) is 3.74. The van der Waals surface area contributed by atoms with Crippen LogP contribution in [-0.2, 0) is 0 Å². The minimum Gasteiger partial charge on any atom is -0.328 e. The summed E-state index contributed by atoms with van der Waals surface area (Å²) in [7, 11) is 0. The van der Waals surface area contributed by atoms with Crippen LogP contribution in [0.1, 0.15) is 49.8 Å². The van der Waals surface area contributed by atoms with Crippen LogP contribution in [0.2, 0.25) is 0 Å². The molecule has 1 fully saturated rings. The van der Waals surface area contributed by atoms with E-state index in [1.54, 1.807) is 0 Å². The molecule has 0 amide bonds. The predicted octanol–water partition coefficient (Wildman–Crippen LogP) is 2.92. The maximum atomic E-state index is 6.02. The van der Waals surface area contributed by atoms with Crippen LogP contribution in [0.25, 0.3) is 0 Å². The molecule has 0 spiro atoms. The average molecular weight is 232 g/mol. The van der Waals surface area contributed by atoms with Gasteiger partial charge in [-0.15, -0.1) is 0 Å². The summed E-state index contributed by atoms with van der Waals surface area (Å²) >= 11 is 0. The highest BCUT2D eigenvalue weighted by molar-refractivity contribution is 5.24. The van der Waals surface area contributed by atoms with Crippen molar-refractivity contribution in [3.8, 4) is 0 Å². The van der Waals surface area contributed by atoms with Crippen LogP contribution in [0.15, 0.2) is 24.3 Å². The SMILES string of the molecule is Cc1cccc([C@@H](C)NC2CCCC(N)C2)c1. The first kappa shape index (κ1) is 12.6. The summed E-state index contributed by atoms with van der Waals surface area (Å²) in [4.78, 5) is 0. The van der Waals surface area contributed by atoms with E-state index in [4.69, 9.17) is 5.73 Å². The van der Waals surface area contributed by atoms with Crippen molar-refractivity contribution in [2.45, 2.75) is 57.7 Å². The highest BCUT2D eigenvalue weighted by atomic mass is 15.0. The maximum absolute atomic E-state index is 6.02. The molecule has 2 heteroatoms. The molecule has 2 nitrogen and oxygen atoms in total. The second-order valence-electron chi connectivity index (χ2n) is 5.43. The fourth-order valence-electron chi connectivity index (χ4n) is 2.77. The summed E-state index contributed by atoms with van der Waals surface area (Å²) < 4.78 is 0. The molecular formula is C15H24N2. The van der Waals surface area contributed by atoms with Gasteiger partial charge in [0, 0.05) is 18.1 Å². The molecule has 17 heavy (non-hydrogen) atoms. The summed E-state index contributed by atoms with van der Waals surface area (Å²) in [5.41, 5.74) is 8.73. The maximum Gasteiger partial charge on any atom is 0.0294 e. The van der Waals surface area contributed by atoms with E-state index >= 15 is 0 Å². The van der Waals surface area contributed by atoms with Gasteiger partial charge in [-0.3, -0.25) is 0 Å². The second kappa shape index (κ2) is 5.65. The quantitative estimate of drug-likeness (QED) is 0.841. The molecule has 0 heterocycles. The predicted molar refractivity (Wildman–Crippen MR) is 73.0 cm³/mol. The normalized spacial score (nSPS) is 26.8. The summed E-state index contributed by atoms with van der Waals surface area (Å²) in [5.74, 6) is 0. The van der Waals surface area contributed by atoms with Crippen LogP contribution < -0.4 is 11.1 Å². The molecule has 3 atom stereocenters. The molecule has 2 unspecified atom stereocenters. The van der Waals surface area contributed by atoms with Gasteiger partial charge in [0.15, 0.2) is 0 Å². The standard InChI is InChI=1S/C15H24N2/c1-11-5-3-6-13(9-11)12(2)17-15-8-4-7-14(16)10-15/h3,5-6,9,12,14-15,17H,4,7-8,10,16H2,1-2H3/t12-,14?,15?/m1/s1. The van der Waals surface area contributed by atoms with Crippen LogP contribution in [0.3, 0.4) is 0 Å². The lowest BCUT2D eigenvalue weighted by Crippen LogP contribution is -2.40. The van der Waals surface area contributed by atoms with Gasteiger partial charge in [0.25, 0.3) is 0 Å². The number of rotatable bonds is 3. The Morgan fingerprint density at radius 1 is 1.35 bits per heavy atom. The minimum absolute atomic E-state index is 0.394. The van der Waals surface area contributed by atoms with E-state index in [-0.39, 0.29) is 0 Å². The fraction of sp³-hybridized carbons (Fsp3) is 0.600. The summed E-state index contributed by atoms with van der Waals surface area (Å²) in [6, 6.07) is 10.2. The molecule has 3 N–H and O–H groups in total. The Kier molecular flexibility index (Phi) is 4.19. The van der Waals surface area contributed by atoms with Gasteiger partial charge < -0.3 is 11.1 Å². The van der Waals surface area contributed by atoms with Gasteiger partial charge in [0.1, 0.15) is 0 Å². The molecule has 1 aromatic carbocycles. The largest absolute Gasteiger partial charge is 0.328 e. The lowest BCUT2D eigenvalue weighted by molar-refractivity contribution is 0.319. The third-order valence-corrected chi connectivity index (χ3v) is 3.74. The van der Waals surface area contributed by atoms with Crippen LogP contribution in [-0.4, -0.2) is 12.1 Å². The number of hydrogen-bond acceptors (Lipinski definition) is 2. The molecule has 0 saturated heterocycles. The van der Waals surface area contributed by atoms with Crippen LogP contribution in [0, 0.1) is 6.92 Å². The highest BCUT2D eigenvalue weighted by Crippen LogP contribution is 2.21. The Hall–Kier alpha value is -0.860. The zero-order chi connectivity index (χ0) is 12.3. The highest BCUT2D eigenvalue weighted by Gasteiger charge is 2.20. The Labute approximate surface area is 105 Å². The Balaban J connectivity index is 1.94. The lowest BCUT2D eigenvalue weighted by atomic mass is 9.90. The second-order valence-corrected chi connectivity index (χ2v) is 5.43. The van der Waals surface area contributed by atoms with Crippen molar-refractivity contribution < 1.29 is 0 Å². The van der Waals surface area contributed by atoms with Crippen molar-refractivity contribution >= 4 is 0 Å². The number of nitrogens with one attached hydrogen (secondary N) is 1. The number of aryl methyl sites for hydroxylation is 1. The molecule has 94 valence electrons. The molecule has 0 aliphatic heterocycles. The van der Waals surface area contributed by atoms with Crippen molar-refractivity contribution in [3.63, 3.8) is 0 Å². The Morgan fingerprint density at radius 2 is 2.18 bits per heavy atom. The topological polar surface area (TPSA) is 38.0 Å². The van der Waals surface area contributed by atoms with Gasteiger partial charge >= 0.3 is 0 Å². The van der Waals surface area contributed by atoms with E-state index in [0.29, 0.717) is 18.1 Å². The first-order valence-corrected chi connectivity index (χ1v) is 6.73. The molecule has 1 saturated carbocycles. The van der Waals surface area contributed by atoms with Gasteiger partial charge in [-0.1, -0.05) is 36.2 Å². The van der Waals surface area contributed by atoms with E-state index in [2.05, 4.69) is 43.4 Å². The molecule has 1 aliphatic rings. The fourth-order valence-corrected chi connectivity index (χ4v) is 2.77. The van der Waals surface area contributed by atoms with Crippen molar-refractivity contribution in [2.75, 3.05) is 0 Å². The van der Waals surface area contributed by atoms with Crippen molar-refractivity contribution in [2.24, 2.45) is 5.73 Å². The van der Waals surface area contributed by atoms with Crippen molar-refractivity contribution in [1.29, 1.82) is 0 Å². The molecule has 0 aromatic heterocycles. The average Bonchev–Trinajstić information content (AvgIpc) is 2.29. The lowest BCUT2D eigenvalue weighted by Gasteiger charge is -2.30. The molecule has 0 radical (unpaired) electrons. The van der Waals surface area contributed by atoms with Crippen molar-refractivity contribution in [1.82, 2.24) is 5.32 Å². The van der Waals surface area contributed by atoms with Gasteiger partial charge in [0.05, 0.1) is 0 Å². The zero-order valence-corrected chi connectivity index (χ0v) is 10.9. The number of nitrogens with two attached hydrogens (primary N) is 1. The number of benzene rings is 1. The van der Waals surface area contributed by atoms with E-state index in [1.165, 1.54) is 30.4 Å². The van der Waals surface area contributed by atoms with Gasteiger partial charge in [-0.25, -0.2) is 0 Å². The molecular weight excluding hydrogens is 208 g/mol. The van der Waals surface area contributed by atoms with Gasteiger partial charge in [-0.2, -0.15) is 0 Å². The van der Waals surface area contributed by atoms with E-state index < -0.39 is 0 Å². The van der Waals surface area contributed by atoms with Crippen LogP contribution in [0.4, 0.5) is 0 Å². The first-order valence-electron chi connectivity index (χ1n) is 6.73. The van der Waals surface area contributed by atoms with E-state index in [0.717, 1.165) is 6.42 Å². The monoisotopic (exact) mass is 232 g/mol. The minimum atomic E-state index is 0.394. The molecule has 0 bridgehead atoms. The summed E-state index contributed by atoms with van der Waals surface area (Å²) in [6.07, 6.45) is 4.84. The van der Waals surface area contributed by atoms with Gasteiger partial charge in [-0.05, 0) is 38.7 Å². The smallest absolute Gasteiger partial charge is 0.0294 e. The Bertz CT molecular complexity index is 362.